The molecular weight excluding hydrogens is 406 g/mol. The fraction of sp³-hybridized carbons (Fsp3) is 0.240. The molecular formula is C25H25N3O4. The average Bonchev–Trinajstić information content (AvgIpc) is 3.20. The summed E-state index contributed by atoms with van der Waals surface area (Å²) in [5, 5.41) is 8.11. The van der Waals surface area contributed by atoms with Gasteiger partial charge in [-0.1, -0.05) is 18.2 Å². The van der Waals surface area contributed by atoms with E-state index >= 15 is 0 Å². The Bertz CT molecular complexity index is 1240. The molecule has 0 unspecified atom stereocenters. The van der Waals surface area contributed by atoms with E-state index in [0.717, 1.165) is 59.6 Å². The van der Waals surface area contributed by atoms with E-state index in [9.17, 15) is 4.79 Å². The average molecular weight is 431 g/mol. The maximum absolute atomic E-state index is 12.5. The van der Waals surface area contributed by atoms with Gasteiger partial charge in [-0.25, -0.2) is 0 Å². The molecule has 3 aromatic carbocycles. The number of fused-ring (bicyclic) bond motifs is 3. The van der Waals surface area contributed by atoms with Crippen molar-refractivity contribution in [1.29, 1.82) is 0 Å². The van der Waals surface area contributed by atoms with Gasteiger partial charge < -0.3 is 29.4 Å². The van der Waals surface area contributed by atoms with Crippen molar-refractivity contribution in [2.24, 2.45) is 0 Å². The van der Waals surface area contributed by atoms with E-state index in [-0.39, 0.29) is 12.5 Å². The number of carbonyl (C=O) groups is 1. The number of carbonyl (C=O) groups excluding carboxylic acids is 1. The lowest BCUT2D eigenvalue weighted by molar-refractivity contribution is -0.114. The third-order valence-electron chi connectivity index (χ3n) is 5.67. The molecule has 1 aliphatic heterocycles. The van der Waals surface area contributed by atoms with E-state index in [1.54, 1.807) is 7.11 Å². The summed E-state index contributed by atoms with van der Waals surface area (Å²) >= 11 is 0. The van der Waals surface area contributed by atoms with E-state index < -0.39 is 0 Å². The van der Waals surface area contributed by atoms with Crippen LogP contribution in [0.2, 0.25) is 0 Å². The highest BCUT2D eigenvalue weighted by Crippen LogP contribution is 2.36. The second-order valence-electron chi connectivity index (χ2n) is 7.69. The molecule has 0 atom stereocenters. The lowest BCUT2D eigenvalue weighted by Crippen LogP contribution is -2.36. The smallest absolute Gasteiger partial charge is 0.243 e. The Kier molecular flexibility index (Phi) is 5.56. The molecule has 0 bridgehead atoms. The first-order valence-electron chi connectivity index (χ1n) is 10.7. The number of amides is 1. The van der Waals surface area contributed by atoms with Crippen LogP contribution in [-0.4, -0.2) is 45.9 Å². The summed E-state index contributed by atoms with van der Waals surface area (Å²) in [6.45, 7) is 3.36. The van der Waals surface area contributed by atoms with Crippen LogP contribution in [0.25, 0.3) is 21.9 Å². The van der Waals surface area contributed by atoms with Gasteiger partial charge in [0.05, 0.1) is 32.6 Å². The van der Waals surface area contributed by atoms with Crippen LogP contribution in [0.5, 0.6) is 5.75 Å². The molecule has 1 amide bonds. The molecule has 4 aromatic rings. The minimum absolute atomic E-state index is 0.104. The lowest BCUT2D eigenvalue weighted by Gasteiger charge is -2.28. The maximum Gasteiger partial charge on any atom is 0.243 e. The molecule has 2 N–H and O–H groups in total. The van der Waals surface area contributed by atoms with Crippen molar-refractivity contribution in [3.05, 3.63) is 60.7 Å². The highest BCUT2D eigenvalue weighted by Gasteiger charge is 2.14. The van der Waals surface area contributed by atoms with Crippen LogP contribution >= 0.6 is 0 Å². The number of nitrogens with one attached hydrogen (secondary N) is 2. The Labute approximate surface area is 185 Å². The minimum Gasteiger partial charge on any atom is -0.495 e. The topological polar surface area (TPSA) is 76.0 Å². The summed E-state index contributed by atoms with van der Waals surface area (Å²) < 4.78 is 16.9. The summed E-state index contributed by atoms with van der Waals surface area (Å²) in [7, 11) is 1.62. The number of hydrogen-bond donors (Lipinski definition) is 2. The molecule has 1 fully saturated rings. The number of benzene rings is 3. The highest BCUT2D eigenvalue weighted by molar-refractivity contribution is 6.06. The standard InChI is InChI=1S/C25H25N3O4/c1-30-24-14-20-19-4-2-3-5-22(19)32-23(20)15-21(24)26-16-25(29)27-17-6-8-18(9-7-17)28-10-12-31-13-11-28/h2-9,14-15,26H,10-13,16H2,1H3,(H,27,29). The predicted molar refractivity (Wildman–Crippen MR) is 127 cm³/mol. The number of morpholine rings is 1. The van der Waals surface area contributed by atoms with Crippen LogP contribution in [-0.2, 0) is 9.53 Å². The summed E-state index contributed by atoms with van der Waals surface area (Å²) in [5.41, 5.74) is 4.16. The quantitative estimate of drug-likeness (QED) is 0.469. The van der Waals surface area contributed by atoms with Gasteiger partial charge in [-0.05, 0) is 36.4 Å². The Morgan fingerprint density at radius 1 is 1.00 bits per heavy atom. The normalized spacial score (nSPS) is 14.0. The SMILES string of the molecule is COc1cc2c(cc1NCC(=O)Nc1ccc(N3CCOCC3)cc1)oc1ccccc12. The minimum atomic E-state index is -0.143. The molecule has 7 nitrogen and oxygen atoms in total. The number of rotatable bonds is 6. The van der Waals surface area contributed by atoms with Gasteiger partial charge in [-0.3, -0.25) is 4.79 Å². The fourth-order valence-corrected chi connectivity index (χ4v) is 4.02. The number of methoxy groups -OCH3 is 1. The van der Waals surface area contributed by atoms with Crippen molar-refractivity contribution in [2.75, 3.05) is 55.5 Å². The van der Waals surface area contributed by atoms with E-state index in [1.165, 1.54) is 0 Å². The molecule has 1 saturated heterocycles. The number of nitrogens with zero attached hydrogens (tertiary/aromatic N) is 1. The largest absolute Gasteiger partial charge is 0.495 e. The van der Waals surface area contributed by atoms with Crippen LogP contribution in [0, 0.1) is 0 Å². The van der Waals surface area contributed by atoms with Gasteiger partial charge in [-0.2, -0.15) is 0 Å². The zero-order valence-corrected chi connectivity index (χ0v) is 17.9. The van der Waals surface area contributed by atoms with Crippen molar-refractivity contribution in [3.63, 3.8) is 0 Å². The molecule has 0 spiro atoms. The van der Waals surface area contributed by atoms with Crippen LogP contribution in [0.1, 0.15) is 0 Å². The molecule has 164 valence electrons. The first-order chi connectivity index (χ1) is 15.7. The molecule has 0 aliphatic carbocycles. The van der Waals surface area contributed by atoms with Gasteiger partial charge in [0, 0.05) is 41.3 Å². The van der Waals surface area contributed by atoms with Gasteiger partial charge in [0.25, 0.3) is 0 Å². The van der Waals surface area contributed by atoms with E-state index in [2.05, 4.69) is 15.5 Å². The van der Waals surface area contributed by atoms with Crippen molar-refractivity contribution in [1.82, 2.24) is 0 Å². The van der Waals surface area contributed by atoms with Crippen LogP contribution in [0.15, 0.2) is 65.1 Å². The zero-order chi connectivity index (χ0) is 21.9. The Morgan fingerprint density at radius 3 is 2.56 bits per heavy atom. The summed E-state index contributed by atoms with van der Waals surface area (Å²) in [4.78, 5) is 14.8. The lowest BCUT2D eigenvalue weighted by atomic mass is 10.1. The van der Waals surface area contributed by atoms with Gasteiger partial charge in [-0.15, -0.1) is 0 Å². The van der Waals surface area contributed by atoms with Gasteiger partial charge in [0.1, 0.15) is 16.9 Å². The molecule has 7 heteroatoms. The third-order valence-corrected chi connectivity index (χ3v) is 5.67. The number of anilines is 3. The molecule has 2 heterocycles. The Hall–Kier alpha value is -3.71. The van der Waals surface area contributed by atoms with E-state index in [1.807, 2.05) is 60.7 Å². The third kappa shape index (κ3) is 4.07. The molecule has 1 aliphatic rings. The van der Waals surface area contributed by atoms with Crippen LogP contribution < -0.4 is 20.3 Å². The molecule has 32 heavy (non-hydrogen) atoms. The molecule has 5 rings (SSSR count). The predicted octanol–water partition coefficient (Wildman–Crippen LogP) is 4.48. The Morgan fingerprint density at radius 2 is 1.78 bits per heavy atom. The van der Waals surface area contributed by atoms with Crippen LogP contribution in [0.4, 0.5) is 17.1 Å². The van der Waals surface area contributed by atoms with E-state index in [0.29, 0.717) is 11.4 Å². The number of para-hydroxylation sites is 1. The van der Waals surface area contributed by atoms with Crippen LogP contribution in [0.3, 0.4) is 0 Å². The summed E-state index contributed by atoms with van der Waals surface area (Å²) in [5.74, 6) is 0.516. The maximum atomic E-state index is 12.5. The first-order valence-corrected chi connectivity index (χ1v) is 10.7. The summed E-state index contributed by atoms with van der Waals surface area (Å²) in [6.07, 6.45) is 0. The second-order valence-corrected chi connectivity index (χ2v) is 7.69. The van der Waals surface area contributed by atoms with Crippen molar-refractivity contribution in [3.8, 4) is 5.75 Å². The Balaban J connectivity index is 1.25. The van der Waals surface area contributed by atoms with Crippen molar-refractivity contribution < 1.29 is 18.7 Å². The second kappa shape index (κ2) is 8.80. The van der Waals surface area contributed by atoms with Crippen molar-refractivity contribution in [2.45, 2.75) is 0 Å². The number of hydrogen-bond acceptors (Lipinski definition) is 6. The first kappa shape index (κ1) is 20.2. The summed E-state index contributed by atoms with van der Waals surface area (Å²) in [6, 6.07) is 19.6. The van der Waals surface area contributed by atoms with E-state index in [4.69, 9.17) is 13.9 Å². The monoisotopic (exact) mass is 431 g/mol. The van der Waals surface area contributed by atoms with Crippen molar-refractivity contribution >= 4 is 44.9 Å². The fourth-order valence-electron chi connectivity index (χ4n) is 4.02. The van der Waals surface area contributed by atoms with Gasteiger partial charge in [0.2, 0.25) is 5.91 Å². The molecule has 0 radical (unpaired) electrons. The van der Waals surface area contributed by atoms with Gasteiger partial charge in [0.15, 0.2) is 0 Å². The number of furan rings is 1. The molecule has 0 saturated carbocycles. The molecule has 1 aromatic heterocycles. The zero-order valence-electron chi connectivity index (χ0n) is 17.9. The number of ether oxygens (including phenoxy) is 2. The highest BCUT2D eigenvalue weighted by atomic mass is 16.5. The van der Waals surface area contributed by atoms with Gasteiger partial charge >= 0.3 is 0 Å².